The molecule has 5 rings (SSSR count). The van der Waals surface area contributed by atoms with Crippen LogP contribution in [0.5, 0.6) is 0 Å². The largest absolute Gasteiger partial charge is 0.298 e. The van der Waals surface area contributed by atoms with Gasteiger partial charge in [0.2, 0.25) is 5.95 Å². The number of carbonyl (C=O) groups is 1. The fourth-order valence-electron chi connectivity index (χ4n) is 4.01. The van der Waals surface area contributed by atoms with Gasteiger partial charge >= 0.3 is 0 Å². The van der Waals surface area contributed by atoms with E-state index in [0.717, 1.165) is 31.2 Å². The molecule has 0 fully saturated rings. The van der Waals surface area contributed by atoms with Crippen molar-refractivity contribution in [1.29, 1.82) is 0 Å². The third-order valence-electron chi connectivity index (χ3n) is 5.55. The Kier molecular flexibility index (Phi) is 5.89. The molecule has 1 amide bonds. The number of hydrogen-bond acceptors (Lipinski definition) is 6. The molecule has 1 aliphatic rings. The summed E-state index contributed by atoms with van der Waals surface area (Å²) in [5.41, 5.74) is 7.93. The Bertz CT molecular complexity index is 1400. The highest BCUT2D eigenvalue weighted by Gasteiger charge is 2.22. The van der Waals surface area contributed by atoms with Gasteiger partial charge in [0.25, 0.3) is 11.5 Å². The Morgan fingerprint density at radius 2 is 1.70 bits per heavy atom. The number of nitrogens with one attached hydrogen (secondary N) is 3. The highest BCUT2D eigenvalue weighted by atomic mass is 32.1. The average molecular weight is 476 g/mol. The third kappa shape index (κ3) is 4.24. The molecule has 0 spiro atoms. The van der Waals surface area contributed by atoms with E-state index in [-0.39, 0.29) is 16.6 Å². The van der Waals surface area contributed by atoms with Crippen LogP contribution in [-0.2, 0) is 12.8 Å². The summed E-state index contributed by atoms with van der Waals surface area (Å²) < 4.78 is 1.54. The predicted octanol–water partition coefficient (Wildman–Crippen LogP) is 3.96. The second kappa shape index (κ2) is 9.13. The Morgan fingerprint density at radius 1 is 1.00 bits per heavy atom. The number of thiophene rings is 1. The molecule has 166 valence electrons. The maximum atomic E-state index is 13.6. The van der Waals surface area contributed by atoms with Crippen LogP contribution in [0.15, 0.2) is 65.5 Å². The Morgan fingerprint density at radius 3 is 2.45 bits per heavy atom. The first-order valence-electron chi connectivity index (χ1n) is 10.7. The second-order valence-electron chi connectivity index (χ2n) is 7.70. The maximum absolute atomic E-state index is 13.6. The molecule has 33 heavy (non-hydrogen) atoms. The molecule has 0 atom stereocenters. The molecule has 7 nitrogen and oxygen atoms in total. The van der Waals surface area contributed by atoms with Gasteiger partial charge in [-0.2, -0.15) is 0 Å². The number of benzene rings is 2. The number of aryl methyl sites for hydroxylation is 2. The van der Waals surface area contributed by atoms with Gasteiger partial charge in [0.15, 0.2) is 5.11 Å². The molecule has 0 aliphatic heterocycles. The number of rotatable bonds is 4. The molecule has 2 heterocycles. The molecule has 0 saturated heterocycles. The van der Waals surface area contributed by atoms with E-state index in [9.17, 15) is 9.59 Å². The lowest BCUT2D eigenvalue weighted by atomic mass is 9.97. The van der Waals surface area contributed by atoms with Crippen molar-refractivity contribution in [2.24, 2.45) is 0 Å². The van der Waals surface area contributed by atoms with E-state index < -0.39 is 0 Å². The third-order valence-corrected chi connectivity index (χ3v) is 6.94. The molecule has 2 aromatic heterocycles. The number of hydrogen-bond donors (Lipinski definition) is 3. The van der Waals surface area contributed by atoms with E-state index in [0.29, 0.717) is 27.4 Å². The molecule has 9 heteroatoms. The Hall–Kier alpha value is -3.56. The van der Waals surface area contributed by atoms with Gasteiger partial charge in [0.1, 0.15) is 4.83 Å². The number of para-hydroxylation sites is 1. The molecule has 0 saturated carbocycles. The number of amides is 1. The summed E-state index contributed by atoms with van der Waals surface area (Å²) in [6.45, 7) is 0. The van der Waals surface area contributed by atoms with Crippen molar-refractivity contribution in [3.05, 3.63) is 87.0 Å². The topological polar surface area (TPSA) is 88.1 Å². The van der Waals surface area contributed by atoms with Crippen molar-refractivity contribution >= 4 is 50.7 Å². The highest BCUT2D eigenvalue weighted by Crippen LogP contribution is 2.34. The van der Waals surface area contributed by atoms with Crippen LogP contribution in [0.25, 0.3) is 15.9 Å². The van der Waals surface area contributed by atoms with E-state index in [1.165, 1.54) is 4.88 Å². The van der Waals surface area contributed by atoms with Gasteiger partial charge in [-0.3, -0.25) is 25.8 Å². The van der Waals surface area contributed by atoms with Crippen molar-refractivity contribution in [1.82, 2.24) is 20.3 Å². The van der Waals surface area contributed by atoms with Gasteiger partial charge in [0, 0.05) is 10.4 Å². The van der Waals surface area contributed by atoms with Gasteiger partial charge in [-0.05, 0) is 67.7 Å². The SMILES string of the molecule is O=C(NC(=S)NNc1nc2sc3c(c2c(=O)n1-c1ccccc1)CCCC3)c1ccccc1. The van der Waals surface area contributed by atoms with Gasteiger partial charge in [-0.1, -0.05) is 36.4 Å². The van der Waals surface area contributed by atoms with E-state index in [4.69, 9.17) is 17.2 Å². The summed E-state index contributed by atoms with van der Waals surface area (Å²) in [6, 6.07) is 18.1. The van der Waals surface area contributed by atoms with Crippen LogP contribution >= 0.6 is 23.6 Å². The average Bonchev–Trinajstić information content (AvgIpc) is 3.22. The lowest BCUT2D eigenvalue weighted by Crippen LogP contribution is -2.43. The lowest BCUT2D eigenvalue weighted by molar-refractivity contribution is 0.0977. The van der Waals surface area contributed by atoms with Crippen molar-refractivity contribution in [2.45, 2.75) is 25.7 Å². The van der Waals surface area contributed by atoms with Crippen molar-refractivity contribution in [2.75, 3.05) is 5.43 Å². The van der Waals surface area contributed by atoms with Crippen molar-refractivity contribution in [3.8, 4) is 5.69 Å². The van der Waals surface area contributed by atoms with E-state index in [1.54, 1.807) is 40.2 Å². The van der Waals surface area contributed by atoms with Gasteiger partial charge in [0.05, 0.1) is 11.1 Å². The van der Waals surface area contributed by atoms with Crippen LogP contribution in [0.3, 0.4) is 0 Å². The van der Waals surface area contributed by atoms with E-state index >= 15 is 0 Å². The first-order valence-corrected chi connectivity index (χ1v) is 11.9. The van der Waals surface area contributed by atoms with Crippen LogP contribution in [0, 0.1) is 0 Å². The summed E-state index contributed by atoms with van der Waals surface area (Å²) in [6.07, 6.45) is 4.11. The zero-order valence-corrected chi connectivity index (χ0v) is 19.3. The number of nitrogens with zero attached hydrogens (tertiary/aromatic N) is 2. The quantitative estimate of drug-likeness (QED) is 0.306. The molecular formula is C24H21N5O2S2. The smallest absolute Gasteiger partial charge is 0.268 e. The molecule has 0 radical (unpaired) electrons. The van der Waals surface area contributed by atoms with Crippen LogP contribution in [0.2, 0.25) is 0 Å². The van der Waals surface area contributed by atoms with E-state index in [1.807, 2.05) is 36.4 Å². The van der Waals surface area contributed by atoms with Crippen LogP contribution in [0.1, 0.15) is 33.6 Å². The summed E-state index contributed by atoms with van der Waals surface area (Å²) in [7, 11) is 0. The molecule has 4 aromatic rings. The standard InChI is InChI=1S/C24H21N5O2S2/c30-20(15-9-3-1-4-10-15)25-24(32)28-27-23-26-21-19(17-13-7-8-14-18(17)33-21)22(31)29(23)16-11-5-2-6-12-16/h1-6,9-12H,7-8,13-14H2,(H,26,27)(H2,25,28,30,32). The van der Waals surface area contributed by atoms with E-state index in [2.05, 4.69) is 16.2 Å². The van der Waals surface area contributed by atoms with Gasteiger partial charge < -0.3 is 0 Å². The summed E-state index contributed by atoms with van der Waals surface area (Å²) in [4.78, 5) is 32.7. The molecule has 0 unspecified atom stereocenters. The molecule has 1 aliphatic carbocycles. The number of fused-ring (bicyclic) bond motifs is 3. The second-order valence-corrected chi connectivity index (χ2v) is 9.19. The number of thiocarbonyl (C=S) groups is 1. The number of hydrazine groups is 1. The zero-order valence-electron chi connectivity index (χ0n) is 17.6. The number of carbonyl (C=O) groups excluding carboxylic acids is 1. The molecule has 0 bridgehead atoms. The van der Waals surface area contributed by atoms with Crippen LogP contribution < -0.4 is 21.7 Å². The summed E-state index contributed by atoms with van der Waals surface area (Å²) in [5, 5.41) is 3.39. The number of anilines is 1. The van der Waals surface area contributed by atoms with Gasteiger partial charge in [-0.15, -0.1) is 11.3 Å². The van der Waals surface area contributed by atoms with Gasteiger partial charge in [-0.25, -0.2) is 9.55 Å². The minimum Gasteiger partial charge on any atom is -0.298 e. The minimum atomic E-state index is -0.329. The zero-order chi connectivity index (χ0) is 22.8. The fourth-order valence-corrected chi connectivity index (χ4v) is 5.41. The Balaban J connectivity index is 1.47. The maximum Gasteiger partial charge on any atom is 0.268 e. The number of aromatic nitrogens is 2. The summed E-state index contributed by atoms with van der Waals surface area (Å²) in [5.74, 6) is -0.0294. The molecule has 2 aromatic carbocycles. The first-order chi connectivity index (χ1) is 16.1. The Labute approximate surface area is 199 Å². The van der Waals surface area contributed by atoms with Crippen molar-refractivity contribution < 1.29 is 4.79 Å². The first kappa shape index (κ1) is 21.3. The fraction of sp³-hybridized carbons (Fsp3) is 0.167. The normalized spacial score (nSPS) is 12.7. The van der Waals surface area contributed by atoms with Crippen LogP contribution in [-0.4, -0.2) is 20.6 Å². The summed E-state index contributed by atoms with van der Waals surface area (Å²) >= 11 is 6.85. The molecular weight excluding hydrogens is 454 g/mol. The lowest BCUT2D eigenvalue weighted by Gasteiger charge is -2.16. The van der Waals surface area contributed by atoms with Crippen LogP contribution in [0.4, 0.5) is 5.95 Å². The van der Waals surface area contributed by atoms with Crippen molar-refractivity contribution in [3.63, 3.8) is 0 Å². The minimum absolute atomic E-state index is 0.0725. The predicted molar refractivity (Wildman–Crippen MR) is 135 cm³/mol. The highest BCUT2D eigenvalue weighted by molar-refractivity contribution is 7.80. The monoisotopic (exact) mass is 475 g/mol. The molecule has 3 N–H and O–H groups in total.